The van der Waals surface area contributed by atoms with E-state index in [1.165, 1.54) is 18.0 Å². The van der Waals surface area contributed by atoms with Crippen LogP contribution in [0.15, 0.2) is 16.7 Å². The molecule has 0 bridgehead atoms. The molecule has 1 unspecified atom stereocenters. The third-order valence-electron chi connectivity index (χ3n) is 2.29. The number of halogens is 4. The highest BCUT2D eigenvalue weighted by atomic mass is 79.9. The molecule has 0 aliphatic heterocycles. The summed E-state index contributed by atoms with van der Waals surface area (Å²) in [7, 11) is 0. The van der Waals surface area contributed by atoms with Gasteiger partial charge in [-0.3, -0.25) is 4.79 Å². The summed E-state index contributed by atoms with van der Waals surface area (Å²) in [5.74, 6) is -0.253. The quantitative estimate of drug-likeness (QED) is 0.716. The van der Waals surface area contributed by atoms with E-state index in [0.717, 1.165) is 6.07 Å². The number of nitrogens with zero attached hydrogens (tertiary/aromatic N) is 1. The Morgan fingerprint density at radius 1 is 1.55 bits per heavy atom. The van der Waals surface area contributed by atoms with Gasteiger partial charge in [-0.2, -0.15) is 24.9 Å². The summed E-state index contributed by atoms with van der Waals surface area (Å²) in [4.78, 5) is 15.9. The molecule has 0 spiro atoms. The molecule has 1 aromatic heterocycles. The summed E-state index contributed by atoms with van der Waals surface area (Å²) < 4.78 is 41.4. The maximum atomic E-state index is 12.2. The molecule has 10 heteroatoms. The van der Waals surface area contributed by atoms with Gasteiger partial charge in [-0.05, 0) is 29.1 Å². The average molecular weight is 402 g/mol. The summed E-state index contributed by atoms with van der Waals surface area (Å²) in [5, 5.41) is 2.55. The first-order valence-corrected chi connectivity index (χ1v) is 8.18. The molecule has 0 aliphatic carbocycles. The molecule has 1 aromatic rings. The van der Waals surface area contributed by atoms with E-state index in [1.807, 2.05) is 6.26 Å². The zero-order valence-corrected chi connectivity index (χ0v) is 14.2. The Hall–Kier alpha value is -1.00. The normalized spacial score (nSPS) is 14.3. The predicted octanol–water partition coefficient (Wildman–Crippen LogP) is 2.55. The maximum absolute atomic E-state index is 12.2. The van der Waals surface area contributed by atoms with Crippen molar-refractivity contribution >= 4 is 33.6 Å². The molecule has 0 aliphatic rings. The number of hydrogen-bond donors (Lipinski definition) is 2. The Balaban J connectivity index is 2.86. The van der Waals surface area contributed by atoms with Gasteiger partial charge in [-0.1, -0.05) is 0 Å². The molecule has 0 fully saturated rings. The van der Waals surface area contributed by atoms with Crippen molar-refractivity contribution < 1.29 is 22.7 Å². The second kappa shape index (κ2) is 7.51. The summed E-state index contributed by atoms with van der Waals surface area (Å²) >= 11 is 4.46. The first-order chi connectivity index (χ1) is 10.0. The Morgan fingerprint density at radius 3 is 2.73 bits per heavy atom. The molecule has 1 heterocycles. The van der Waals surface area contributed by atoms with Crippen LogP contribution < -0.4 is 15.8 Å². The van der Waals surface area contributed by atoms with E-state index in [2.05, 4.69) is 31.0 Å². The predicted molar refractivity (Wildman–Crippen MR) is 81.9 cm³/mol. The van der Waals surface area contributed by atoms with Crippen molar-refractivity contribution in [3.8, 4) is 5.75 Å². The molecule has 1 amide bonds. The van der Waals surface area contributed by atoms with E-state index >= 15 is 0 Å². The lowest BCUT2D eigenvalue weighted by atomic mass is 10.2. The molecule has 1 rings (SSSR count). The van der Waals surface area contributed by atoms with Crippen LogP contribution in [0.25, 0.3) is 0 Å². The number of nitrogens with two attached hydrogens (primary N) is 1. The van der Waals surface area contributed by atoms with Gasteiger partial charge in [-0.15, -0.1) is 0 Å². The van der Waals surface area contributed by atoms with E-state index in [4.69, 9.17) is 5.73 Å². The van der Waals surface area contributed by atoms with E-state index in [-0.39, 0.29) is 15.9 Å². The summed E-state index contributed by atoms with van der Waals surface area (Å²) in [6, 6.07) is 1.13. The Morgan fingerprint density at radius 2 is 2.18 bits per heavy atom. The molecular weight excluding hydrogens is 387 g/mol. The largest absolute Gasteiger partial charge is 0.483 e. The number of alkyl halides is 3. The molecule has 22 heavy (non-hydrogen) atoms. The number of pyridine rings is 1. The van der Waals surface area contributed by atoms with Crippen LogP contribution in [0.5, 0.6) is 5.75 Å². The topological polar surface area (TPSA) is 77.2 Å². The second-order valence-electron chi connectivity index (χ2n) is 4.71. The summed E-state index contributed by atoms with van der Waals surface area (Å²) in [5.41, 5.74) is 4.83. The molecule has 124 valence electrons. The van der Waals surface area contributed by atoms with Gasteiger partial charge in [0.25, 0.3) is 5.91 Å². The number of carbonyl (C=O) groups excluding carboxylic acids is 1. The third-order valence-corrected chi connectivity index (χ3v) is 3.77. The third kappa shape index (κ3) is 6.41. The van der Waals surface area contributed by atoms with E-state index in [0.29, 0.717) is 5.75 Å². The number of nitrogens with one attached hydrogen (secondary N) is 1. The van der Waals surface area contributed by atoms with E-state index < -0.39 is 24.4 Å². The van der Waals surface area contributed by atoms with E-state index in [9.17, 15) is 18.0 Å². The second-order valence-corrected chi connectivity index (χ2v) is 6.43. The van der Waals surface area contributed by atoms with Crippen LogP contribution >= 0.6 is 27.7 Å². The van der Waals surface area contributed by atoms with Crippen LogP contribution in [0.2, 0.25) is 0 Å². The SMILES string of the molecule is CSCC(C)(N)NC(=O)c1cc(OCC(F)(F)F)c(Br)cn1. The highest BCUT2D eigenvalue weighted by Crippen LogP contribution is 2.27. The fourth-order valence-electron chi connectivity index (χ4n) is 1.47. The standard InChI is InChI=1S/C12H15BrF3N3O2S/c1-11(17,6-22-2)19-10(20)8-3-9(7(13)4-18-8)21-5-12(14,15)16/h3-4H,5-6,17H2,1-2H3,(H,19,20). The fourth-order valence-corrected chi connectivity index (χ4v) is 2.48. The van der Waals surface area contributed by atoms with Crippen LogP contribution in [-0.4, -0.2) is 41.3 Å². The molecule has 0 saturated carbocycles. The molecule has 3 N–H and O–H groups in total. The van der Waals surface area contributed by atoms with Crippen molar-refractivity contribution in [3.05, 3.63) is 22.4 Å². The fraction of sp³-hybridized carbons (Fsp3) is 0.500. The van der Waals surface area contributed by atoms with Crippen LogP contribution in [-0.2, 0) is 0 Å². The Kier molecular flexibility index (Phi) is 6.50. The number of hydrogen-bond acceptors (Lipinski definition) is 5. The van der Waals surface area contributed by atoms with Crippen LogP contribution in [0.4, 0.5) is 13.2 Å². The van der Waals surface area contributed by atoms with Crippen molar-refractivity contribution in [2.75, 3.05) is 18.6 Å². The average Bonchev–Trinajstić information content (AvgIpc) is 2.35. The van der Waals surface area contributed by atoms with E-state index in [1.54, 1.807) is 6.92 Å². The van der Waals surface area contributed by atoms with Gasteiger partial charge in [0.15, 0.2) is 6.61 Å². The van der Waals surface area contributed by atoms with Gasteiger partial charge < -0.3 is 15.8 Å². The van der Waals surface area contributed by atoms with Crippen LogP contribution in [0.1, 0.15) is 17.4 Å². The lowest BCUT2D eigenvalue weighted by molar-refractivity contribution is -0.153. The van der Waals surface area contributed by atoms with Crippen molar-refractivity contribution in [1.82, 2.24) is 10.3 Å². The van der Waals surface area contributed by atoms with Crippen molar-refractivity contribution in [2.24, 2.45) is 5.73 Å². The minimum Gasteiger partial charge on any atom is -0.483 e. The van der Waals surface area contributed by atoms with Gasteiger partial charge in [0.05, 0.1) is 10.1 Å². The minimum absolute atomic E-state index is 0.0850. The van der Waals surface area contributed by atoms with Gasteiger partial charge in [0, 0.05) is 18.0 Å². The first kappa shape index (κ1) is 19.0. The smallest absolute Gasteiger partial charge is 0.422 e. The van der Waals surface area contributed by atoms with Crippen molar-refractivity contribution in [1.29, 1.82) is 0 Å². The summed E-state index contributed by atoms with van der Waals surface area (Å²) in [6.45, 7) is 0.166. The molecule has 1 atom stereocenters. The lowest BCUT2D eigenvalue weighted by Crippen LogP contribution is -2.55. The number of aromatic nitrogens is 1. The number of ether oxygens (including phenoxy) is 1. The molecule has 5 nitrogen and oxygen atoms in total. The van der Waals surface area contributed by atoms with Crippen molar-refractivity contribution in [2.45, 2.75) is 18.8 Å². The van der Waals surface area contributed by atoms with Gasteiger partial charge in [-0.25, -0.2) is 4.98 Å². The molecule has 0 saturated heterocycles. The van der Waals surface area contributed by atoms with Gasteiger partial charge in [0.1, 0.15) is 11.4 Å². The summed E-state index contributed by atoms with van der Waals surface area (Å²) in [6.07, 6.45) is -1.44. The van der Waals surface area contributed by atoms with Crippen LogP contribution in [0.3, 0.4) is 0 Å². The Labute approximate surface area is 138 Å². The van der Waals surface area contributed by atoms with Crippen LogP contribution in [0, 0.1) is 0 Å². The zero-order valence-electron chi connectivity index (χ0n) is 11.8. The monoisotopic (exact) mass is 401 g/mol. The number of amides is 1. The number of carbonyl (C=O) groups is 1. The Bertz CT molecular complexity index is 541. The zero-order chi connectivity index (χ0) is 17.0. The first-order valence-electron chi connectivity index (χ1n) is 5.99. The van der Waals surface area contributed by atoms with Gasteiger partial charge in [0.2, 0.25) is 0 Å². The number of thioether (sulfide) groups is 1. The minimum atomic E-state index is -4.47. The number of rotatable bonds is 6. The maximum Gasteiger partial charge on any atom is 0.422 e. The lowest BCUT2D eigenvalue weighted by Gasteiger charge is -2.25. The molecule has 0 aromatic carbocycles. The molecular formula is C12H15BrF3N3O2S. The highest BCUT2D eigenvalue weighted by molar-refractivity contribution is 9.10. The van der Waals surface area contributed by atoms with Crippen molar-refractivity contribution in [3.63, 3.8) is 0 Å². The molecule has 0 radical (unpaired) electrons. The highest BCUT2D eigenvalue weighted by Gasteiger charge is 2.29. The van der Waals surface area contributed by atoms with Gasteiger partial charge >= 0.3 is 6.18 Å².